The summed E-state index contributed by atoms with van der Waals surface area (Å²) in [5, 5.41) is 0.478. The maximum atomic E-state index is 13.0. The zero-order valence-corrected chi connectivity index (χ0v) is 16.3. The minimum atomic E-state index is -0.390. The number of hydrogen-bond donors (Lipinski definition) is 1. The van der Waals surface area contributed by atoms with Crippen molar-refractivity contribution >= 4 is 38.4 Å². The van der Waals surface area contributed by atoms with Crippen LogP contribution in [0.3, 0.4) is 0 Å². The van der Waals surface area contributed by atoms with Gasteiger partial charge in [-0.3, -0.25) is 9.59 Å². The van der Waals surface area contributed by atoms with E-state index in [9.17, 15) is 9.59 Å². The summed E-state index contributed by atoms with van der Waals surface area (Å²) in [4.78, 5) is 34.3. The lowest BCUT2D eigenvalue weighted by Gasteiger charge is -2.13. The van der Waals surface area contributed by atoms with E-state index < -0.39 is 0 Å². The molecule has 0 aliphatic rings. The van der Waals surface area contributed by atoms with Crippen molar-refractivity contribution in [3.05, 3.63) is 98.6 Å². The molecule has 0 bridgehead atoms. The molecule has 0 aliphatic heterocycles. The van der Waals surface area contributed by atoms with Crippen LogP contribution in [-0.2, 0) is 6.54 Å². The standard InChI is InChI=1S/C21H15BrN4O2/c22-18-7-3-4-14(25-18)11-26-12-16(20(27)13-8-9-19(23)24-10-13)21(28)15-5-1-2-6-17(15)26/h1-10,12H,11H2,(H2,23,24). The molecule has 7 heteroatoms. The Bertz CT molecular complexity index is 1250. The van der Waals surface area contributed by atoms with Gasteiger partial charge in [0.1, 0.15) is 10.4 Å². The number of hydrogen-bond acceptors (Lipinski definition) is 5. The van der Waals surface area contributed by atoms with E-state index >= 15 is 0 Å². The van der Waals surface area contributed by atoms with Gasteiger partial charge in [0.05, 0.1) is 23.3 Å². The summed E-state index contributed by atoms with van der Waals surface area (Å²) in [5.74, 6) is -0.0765. The Morgan fingerprint density at radius 1 is 1.07 bits per heavy atom. The van der Waals surface area contributed by atoms with Crippen molar-refractivity contribution < 1.29 is 4.79 Å². The summed E-state index contributed by atoms with van der Waals surface area (Å²) in [6.07, 6.45) is 2.97. The highest BCUT2D eigenvalue weighted by molar-refractivity contribution is 9.10. The van der Waals surface area contributed by atoms with Crippen LogP contribution < -0.4 is 11.2 Å². The van der Waals surface area contributed by atoms with E-state index in [0.29, 0.717) is 23.3 Å². The molecule has 0 amide bonds. The number of carbonyl (C=O) groups excluding carboxylic acids is 1. The molecular formula is C21H15BrN4O2. The highest BCUT2D eigenvalue weighted by atomic mass is 79.9. The molecule has 0 spiro atoms. The number of nitrogens with zero attached hydrogens (tertiary/aromatic N) is 3. The number of benzene rings is 1. The first-order valence-electron chi connectivity index (χ1n) is 8.53. The van der Waals surface area contributed by atoms with E-state index in [1.807, 2.05) is 34.9 Å². The minimum Gasteiger partial charge on any atom is -0.384 e. The summed E-state index contributed by atoms with van der Waals surface area (Å²) in [7, 11) is 0. The molecule has 28 heavy (non-hydrogen) atoms. The summed E-state index contributed by atoms with van der Waals surface area (Å²) >= 11 is 3.37. The third kappa shape index (κ3) is 3.44. The largest absolute Gasteiger partial charge is 0.384 e. The topological polar surface area (TPSA) is 90.9 Å². The first-order valence-corrected chi connectivity index (χ1v) is 9.32. The van der Waals surface area contributed by atoms with E-state index in [1.54, 1.807) is 24.4 Å². The Labute approximate surface area is 168 Å². The molecule has 1 aromatic carbocycles. The van der Waals surface area contributed by atoms with Crippen molar-refractivity contribution in [1.82, 2.24) is 14.5 Å². The fraction of sp³-hybridized carbons (Fsp3) is 0.0476. The van der Waals surface area contributed by atoms with Crippen LogP contribution in [0.15, 0.2) is 76.4 Å². The van der Waals surface area contributed by atoms with Crippen molar-refractivity contribution in [1.29, 1.82) is 0 Å². The number of aromatic nitrogens is 3. The molecule has 4 aromatic rings. The van der Waals surface area contributed by atoms with E-state index in [2.05, 4.69) is 25.9 Å². The molecule has 0 saturated heterocycles. The smallest absolute Gasteiger partial charge is 0.200 e. The molecule has 6 nitrogen and oxygen atoms in total. The molecule has 0 fully saturated rings. The van der Waals surface area contributed by atoms with Crippen LogP contribution in [0, 0.1) is 0 Å². The Kier molecular flexibility index (Phi) is 4.75. The monoisotopic (exact) mass is 434 g/mol. The lowest BCUT2D eigenvalue weighted by Crippen LogP contribution is -2.20. The van der Waals surface area contributed by atoms with Gasteiger partial charge in [0.15, 0.2) is 5.78 Å². The van der Waals surface area contributed by atoms with Crippen molar-refractivity contribution in [3.63, 3.8) is 0 Å². The zero-order chi connectivity index (χ0) is 19.7. The second-order valence-corrected chi connectivity index (χ2v) is 7.08. The van der Waals surface area contributed by atoms with Gasteiger partial charge in [0.25, 0.3) is 0 Å². The van der Waals surface area contributed by atoms with Gasteiger partial charge in [-0.25, -0.2) is 9.97 Å². The number of anilines is 1. The predicted molar refractivity (Wildman–Crippen MR) is 111 cm³/mol. The van der Waals surface area contributed by atoms with Gasteiger partial charge >= 0.3 is 0 Å². The summed E-state index contributed by atoms with van der Waals surface area (Å²) in [6, 6.07) is 16.0. The molecule has 3 heterocycles. The van der Waals surface area contributed by atoms with Gasteiger partial charge in [-0.05, 0) is 52.3 Å². The van der Waals surface area contributed by atoms with Crippen LogP contribution in [0.4, 0.5) is 5.82 Å². The fourth-order valence-electron chi connectivity index (χ4n) is 3.05. The van der Waals surface area contributed by atoms with Crippen LogP contribution in [-0.4, -0.2) is 20.3 Å². The van der Waals surface area contributed by atoms with E-state index in [4.69, 9.17) is 5.73 Å². The lowest BCUT2D eigenvalue weighted by molar-refractivity contribution is 0.103. The second-order valence-electron chi connectivity index (χ2n) is 6.27. The number of carbonyl (C=O) groups is 1. The molecule has 2 N–H and O–H groups in total. The number of nitrogen functional groups attached to an aromatic ring is 1. The third-order valence-electron chi connectivity index (χ3n) is 4.39. The molecule has 3 aromatic heterocycles. The molecule has 138 valence electrons. The maximum absolute atomic E-state index is 13.0. The van der Waals surface area contributed by atoms with Crippen LogP contribution in [0.1, 0.15) is 21.6 Å². The highest BCUT2D eigenvalue weighted by Crippen LogP contribution is 2.17. The Morgan fingerprint density at radius 3 is 2.64 bits per heavy atom. The minimum absolute atomic E-state index is 0.0836. The molecule has 0 saturated carbocycles. The SMILES string of the molecule is Nc1ccc(C(=O)c2cn(Cc3cccc(Br)n3)c3ccccc3c2=O)cn1. The number of para-hydroxylation sites is 1. The average molecular weight is 435 g/mol. The van der Waals surface area contributed by atoms with Gasteiger partial charge in [-0.15, -0.1) is 0 Å². The highest BCUT2D eigenvalue weighted by Gasteiger charge is 2.17. The number of halogens is 1. The van der Waals surface area contributed by atoms with Crippen LogP contribution >= 0.6 is 15.9 Å². The quantitative estimate of drug-likeness (QED) is 0.392. The number of rotatable bonds is 4. The van der Waals surface area contributed by atoms with Gasteiger partial charge in [0.2, 0.25) is 5.43 Å². The fourth-order valence-corrected chi connectivity index (χ4v) is 3.43. The van der Waals surface area contributed by atoms with Gasteiger partial charge in [-0.2, -0.15) is 0 Å². The van der Waals surface area contributed by atoms with Crippen LogP contribution in [0.5, 0.6) is 0 Å². The molecule has 0 atom stereocenters. The summed E-state index contributed by atoms with van der Waals surface area (Å²) in [5.41, 5.74) is 7.22. The molecule has 4 rings (SSSR count). The van der Waals surface area contributed by atoms with Crippen molar-refractivity contribution in [2.24, 2.45) is 0 Å². The maximum Gasteiger partial charge on any atom is 0.200 e. The molecule has 0 aliphatic carbocycles. The van der Waals surface area contributed by atoms with Crippen molar-refractivity contribution in [2.45, 2.75) is 6.54 Å². The molecule has 0 unspecified atom stereocenters. The first kappa shape index (κ1) is 18.1. The van der Waals surface area contributed by atoms with Gasteiger partial charge < -0.3 is 10.3 Å². The molecule has 0 radical (unpaired) electrons. The Hall–Kier alpha value is -3.32. The van der Waals surface area contributed by atoms with E-state index in [0.717, 1.165) is 15.8 Å². The van der Waals surface area contributed by atoms with E-state index in [1.165, 1.54) is 12.3 Å². The zero-order valence-electron chi connectivity index (χ0n) is 14.7. The van der Waals surface area contributed by atoms with Crippen LogP contribution in [0.2, 0.25) is 0 Å². The first-order chi connectivity index (χ1) is 13.5. The Morgan fingerprint density at radius 2 is 1.89 bits per heavy atom. The second kappa shape index (κ2) is 7.36. The van der Waals surface area contributed by atoms with Gasteiger partial charge in [0, 0.05) is 23.3 Å². The predicted octanol–water partition coefficient (Wildman–Crippen LogP) is 3.42. The van der Waals surface area contributed by atoms with Gasteiger partial charge in [-0.1, -0.05) is 18.2 Å². The lowest BCUT2D eigenvalue weighted by atomic mass is 10.0. The van der Waals surface area contributed by atoms with Crippen molar-refractivity contribution in [2.75, 3.05) is 5.73 Å². The van der Waals surface area contributed by atoms with E-state index in [-0.39, 0.29) is 16.8 Å². The van der Waals surface area contributed by atoms with Crippen LogP contribution in [0.25, 0.3) is 10.9 Å². The van der Waals surface area contributed by atoms with Crippen molar-refractivity contribution in [3.8, 4) is 0 Å². The number of pyridine rings is 3. The summed E-state index contributed by atoms with van der Waals surface area (Å²) in [6.45, 7) is 0.417. The number of fused-ring (bicyclic) bond motifs is 1. The average Bonchev–Trinajstić information content (AvgIpc) is 2.70. The summed E-state index contributed by atoms with van der Waals surface area (Å²) < 4.78 is 2.59. The Balaban J connectivity index is 1.87. The molecular weight excluding hydrogens is 420 g/mol. The normalized spacial score (nSPS) is 10.9. The number of ketones is 1. The number of nitrogens with two attached hydrogens (primary N) is 1. The third-order valence-corrected chi connectivity index (χ3v) is 4.83.